The van der Waals surface area contributed by atoms with Gasteiger partial charge in [-0.2, -0.15) is 4.68 Å². The number of aromatic nitrogens is 5. The van der Waals surface area contributed by atoms with E-state index in [9.17, 15) is 14.9 Å². The van der Waals surface area contributed by atoms with Gasteiger partial charge in [0.25, 0.3) is 11.6 Å². The molecule has 1 amide bonds. The first-order valence-electron chi connectivity index (χ1n) is 10.5. The fourth-order valence-corrected chi connectivity index (χ4v) is 4.10. The Labute approximate surface area is 198 Å². The normalized spacial score (nSPS) is 13.9. The van der Waals surface area contributed by atoms with E-state index in [1.165, 1.54) is 24.5 Å². The van der Waals surface area contributed by atoms with Crippen molar-refractivity contribution in [2.45, 2.75) is 6.92 Å². The first kappa shape index (κ1) is 21.7. The summed E-state index contributed by atoms with van der Waals surface area (Å²) in [5.74, 6) is 0.371. The number of carbonyl (C=O) groups is 1. The van der Waals surface area contributed by atoms with Crippen molar-refractivity contribution in [3.05, 3.63) is 75.1 Å². The molecule has 1 fully saturated rings. The minimum Gasteiger partial charge on any atom is -0.351 e. The molecule has 34 heavy (non-hydrogen) atoms. The smallest absolute Gasteiger partial charge is 0.288 e. The van der Waals surface area contributed by atoms with Crippen LogP contribution in [0.3, 0.4) is 0 Å². The lowest BCUT2D eigenvalue weighted by molar-refractivity contribution is -0.384. The van der Waals surface area contributed by atoms with Gasteiger partial charge in [0, 0.05) is 37.8 Å². The molecule has 0 spiro atoms. The minimum atomic E-state index is -0.596. The number of piperazine rings is 1. The van der Waals surface area contributed by atoms with Crippen LogP contribution in [0, 0.1) is 17.0 Å². The van der Waals surface area contributed by atoms with Gasteiger partial charge in [-0.3, -0.25) is 14.9 Å². The van der Waals surface area contributed by atoms with Crippen LogP contribution in [0.25, 0.3) is 16.9 Å². The average molecular weight is 479 g/mol. The van der Waals surface area contributed by atoms with Crippen LogP contribution in [0.4, 0.5) is 11.5 Å². The summed E-state index contributed by atoms with van der Waals surface area (Å²) in [6.45, 7) is 3.90. The zero-order valence-electron chi connectivity index (χ0n) is 18.1. The molecule has 3 heterocycles. The Bertz CT molecular complexity index is 1400. The summed E-state index contributed by atoms with van der Waals surface area (Å²) in [4.78, 5) is 36.0. The molecule has 0 atom stereocenters. The van der Waals surface area contributed by atoms with Crippen molar-refractivity contribution in [3.8, 4) is 5.69 Å². The number of amides is 1. The van der Waals surface area contributed by atoms with Gasteiger partial charge in [0.1, 0.15) is 11.3 Å². The molecule has 5 rings (SSSR count). The number of nitrogens with zero attached hydrogens (tertiary/aromatic N) is 8. The predicted octanol–water partition coefficient (Wildman–Crippen LogP) is 3.04. The number of benzene rings is 2. The van der Waals surface area contributed by atoms with Crippen LogP contribution in [0.5, 0.6) is 0 Å². The molecular weight excluding hydrogens is 460 g/mol. The summed E-state index contributed by atoms with van der Waals surface area (Å²) in [5.41, 5.74) is 3.12. The number of nitro groups is 1. The van der Waals surface area contributed by atoms with E-state index < -0.39 is 4.92 Å². The van der Waals surface area contributed by atoms with Gasteiger partial charge in [0.15, 0.2) is 17.0 Å². The molecule has 1 aliphatic rings. The van der Waals surface area contributed by atoms with Gasteiger partial charge in [0.05, 0.1) is 10.6 Å². The van der Waals surface area contributed by atoms with E-state index in [-0.39, 0.29) is 22.2 Å². The topological polar surface area (TPSA) is 123 Å². The standard InChI is InChI=1S/C22H19ClN8O3/c1-14-2-5-16(6-3-14)30-21-19(26-27-30)20(24-13-25-21)28-8-10-29(11-9-28)22(32)15-4-7-17(23)18(12-15)31(33)34/h2-7,12-13H,8-11H2,1H3. The maximum Gasteiger partial charge on any atom is 0.288 e. The lowest BCUT2D eigenvalue weighted by Gasteiger charge is -2.35. The zero-order chi connectivity index (χ0) is 23.8. The van der Waals surface area contributed by atoms with Crippen molar-refractivity contribution in [1.82, 2.24) is 29.9 Å². The average Bonchev–Trinajstić information content (AvgIpc) is 3.29. The second-order valence-corrected chi connectivity index (χ2v) is 8.32. The summed E-state index contributed by atoms with van der Waals surface area (Å²) in [6, 6.07) is 12.0. The predicted molar refractivity (Wildman–Crippen MR) is 125 cm³/mol. The largest absolute Gasteiger partial charge is 0.351 e. The Hall–Kier alpha value is -4.12. The molecule has 2 aromatic carbocycles. The van der Waals surface area contributed by atoms with E-state index in [0.29, 0.717) is 43.2 Å². The van der Waals surface area contributed by atoms with Gasteiger partial charge in [-0.25, -0.2) is 9.97 Å². The number of hydrogen-bond donors (Lipinski definition) is 0. The van der Waals surface area contributed by atoms with Crippen molar-refractivity contribution in [3.63, 3.8) is 0 Å². The fourth-order valence-electron chi connectivity index (χ4n) is 3.92. The Morgan fingerprint density at radius 2 is 1.79 bits per heavy atom. The third-order valence-electron chi connectivity index (χ3n) is 5.75. The summed E-state index contributed by atoms with van der Waals surface area (Å²) in [6.07, 6.45) is 1.48. The molecule has 0 bridgehead atoms. The number of halogens is 1. The van der Waals surface area contributed by atoms with E-state index in [4.69, 9.17) is 11.6 Å². The van der Waals surface area contributed by atoms with Gasteiger partial charge in [-0.1, -0.05) is 34.5 Å². The maximum atomic E-state index is 12.9. The van der Waals surface area contributed by atoms with Crippen molar-refractivity contribution in [1.29, 1.82) is 0 Å². The number of aryl methyl sites for hydroxylation is 1. The van der Waals surface area contributed by atoms with Crippen LogP contribution in [-0.4, -0.2) is 66.9 Å². The molecule has 2 aromatic heterocycles. The Kier molecular flexibility index (Phi) is 5.54. The molecule has 0 radical (unpaired) electrons. The SMILES string of the molecule is Cc1ccc(-n2nnc3c(N4CCN(C(=O)c5ccc(Cl)c([N+](=O)[O-])c5)CC4)ncnc32)cc1. The van der Waals surface area contributed by atoms with Crippen LogP contribution in [0.15, 0.2) is 48.8 Å². The van der Waals surface area contributed by atoms with Crippen LogP contribution in [0.1, 0.15) is 15.9 Å². The highest BCUT2D eigenvalue weighted by atomic mass is 35.5. The summed E-state index contributed by atoms with van der Waals surface area (Å²) in [5, 5.41) is 19.7. The van der Waals surface area contributed by atoms with Crippen molar-refractivity contribution < 1.29 is 9.72 Å². The number of fused-ring (bicyclic) bond motifs is 1. The number of rotatable bonds is 4. The van der Waals surface area contributed by atoms with Gasteiger partial charge < -0.3 is 9.80 Å². The molecule has 12 heteroatoms. The molecule has 0 unspecified atom stereocenters. The lowest BCUT2D eigenvalue weighted by atomic mass is 10.1. The van der Waals surface area contributed by atoms with Crippen molar-refractivity contribution in [2.75, 3.05) is 31.1 Å². The first-order valence-corrected chi connectivity index (χ1v) is 10.9. The highest BCUT2D eigenvalue weighted by Crippen LogP contribution is 2.27. The lowest BCUT2D eigenvalue weighted by Crippen LogP contribution is -2.49. The van der Waals surface area contributed by atoms with E-state index in [0.717, 1.165) is 11.3 Å². The second-order valence-electron chi connectivity index (χ2n) is 7.91. The first-order chi connectivity index (χ1) is 16.4. The number of nitro benzene ring substituents is 1. The highest BCUT2D eigenvalue weighted by molar-refractivity contribution is 6.32. The van der Waals surface area contributed by atoms with E-state index in [1.54, 1.807) is 9.58 Å². The molecule has 0 aliphatic carbocycles. The fraction of sp³-hybridized carbons (Fsp3) is 0.227. The van der Waals surface area contributed by atoms with E-state index in [1.807, 2.05) is 36.1 Å². The molecule has 11 nitrogen and oxygen atoms in total. The third-order valence-corrected chi connectivity index (χ3v) is 6.07. The number of anilines is 1. The van der Waals surface area contributed by atoms with E-state index >= 15 is 0 Å². The van der Waals surface area contributed by atoms with Crippen LogP contribution in [-0.2, 0) is 0 Å². The van der Waals surface area contributed by atoms with Gasteiger partial charge in [-0.05, 0) is 31.2 Å². The van der Waals surface area contributed by atoms with Crippen LogP contribution < -0.4 is 4.90 Å². The molecule has 0 saturated carbocycles. The third kappa shape index (κ3) is 3.90. The van der Waals surface area contributed by atoms with Crippen LogP contribution in [0.2, 0.25) is 5.02 Å². The molecule has 172 valence electrons. The molecule has 1 aliphatic heterocycles. The highest BCUT2D eigenvalue weighted by Gasteiger charge is 2.27. The van der Waals surface area contributed by atoms with E-state index in [2.05, 4.69) is 20.3 Å². The summed E-state index contributed by atoms with van der Waals surface area (Å²) in [7, 11) is 0. The monoisotopic (exact) mass is 478 g/mol. The Morgan fingerprint density at radius 3 is 2.50 bits per heavy atom. The maximum absolute atomic E-state index is 12.9. The van der Waals surface area contributed by atoms with Crippen molar-refractivity contribution in [2.24, 2.45) is 0 Å². The molecular formula is C22H19ClN8O3. The van der Waals surface area contributed by atoms with Gasteiger partial charge in [0.2, 0.25) is 0 Å². The second kappa shape index (κ2) is 8.67. The molecule has 1 saturated heterocycles. The summed E-state index contributed by atoms with van der Waals surface area (Å²) >= 11 is 5.87. The van der Waals surface area contributed by atoms with Crippen LogP contribution >= 0.6 is 11.6 Å². The Morgan fingerprint density at radius 1 is 1.06 bits per heavy atom. The number of hydrogen-bond acceptors (Lipinski definition) is 8. The molecule has 4 aromatic rings. The quantitative estimate of drug-likeness (QED) is 0.324. The van der Waals surface area contributed by atoms with Gasteiger partial charge in [-0.15, -0.1) is 5.10 Å². The Balaban J connectivity index is 1.34. The summed E-state index contributed by atoms with van der Waals surface area (Å²) < 4.78 is 1.67. The zero-order valence-corrected chi connectivity index (χ0v) is 18.9. The molecule has 0 N–H and O–H groups in total. The van der Waals surface area contributed by atoms with Crippen molar-refractivity contribution >= 4 is 40.2 Å². The van der Waals surface area contributed by atoms with Gasteiger partial charge >= 0.3 is 0 Å². The minimum absolute atomic E-state index is 0.00201. The number of carbonyl (C=O) groups excluding carboxylic acids is 1.